The number of likely N-dealkylation sites (tertiary alicyclic amines) is 1. The summed E-state index contributed by atoms with van der Waals surface area (Å²) in [4.78, 5) is 26.4. The first-order valence-electron chi connectivity index (χ1n) is 14.5. The molecule has 1 aliphatic heterocycles. The van der Waals surface area contributed by atoms with Crippen LogP contribution in [-0.2, 0) is 4.79 Å². The lowest BCUT2D eigenvalue weighted by molar-refractivity contribution is -0.125. The minimum atomic E-state index is 0.0719. The van der Waals surface area contributed by atoms with Crippen molar-refractivity contribution in [1.29, 1.82) is 0 Å². The lowest BCUT2D eigenvalue weighted by Crippen LogP contribution is -2.28. The van der Waals surface area contributed by atoms with Gasteiger partial charge in [-0.3, -0.25) is 9.69 Å². The lowest BCUT2D eigenvalue weighted by atomic mass is 9.97. The van der Waals surface area contributed by atoms with E-state index in [4.69, 9.17) is 15.5 Å². The highest BCUT2D eigenvalue weighted by Crippen LogP contribution is 2.43. The van der Waals surface area contributed by atoms with Gasteiger partial charge in [0.15, 0.2) is 0 Å². The van der Waals surface area contributed by atoms with Crippen molar-refractivity contribution in [2.24, 2.45) is 0 Å². The van der Waals surface area contributed by atoms with Gasteiger partial charge in [0.05, 0.1) is 11.4 Å². The number of nitrogens with zero attached hydrogens (tertiary/aromatic N) is 5. The second kappa shape index (κ2) is 11.4. The summed E-state index contributed by atoms with van der Waals surface area (Å²) >= 11 is 0. The van der Waals surface area contributed by atoms with Gasteiger partial charge >= 0.3 is 0 Å². The third-order valence-corrected chi connectivity index (χ3v) is 8.18. The van der Waals surface area contributed by atoms with Gasteiger partial charge in [-0.05, 0) is 62.1 Å². The SMILES string of the molecule is CC(C)c1c(-c2ccc(Oc3ccccc3)cc2)c2c(N)ncnc2n1[C@@H]1CCN(C(=O)C=CCN(C)C2CC2)C1. The standard InChI is InChI=1S/C33H38N6O2/c1-22(2)31-29(23-11-15-27(16-12-23)41-26-8-5-4-6-9-26)30-32(34)35-21-36-33(30)39(31)25-17-19-38(20-25)28(40)10-7-18-37(3)24-13-14-24/h4-12,15-16,21-22,24-25H,13-14,17-20H2,1-3H3,(H2,34,35,36)/t25-/m1/s1. The summed E-state index contributed by atoms with van der Waals surface area (Å²) in [7, 11) is 2.12. The summed E-state index contributed by atoms with van der Waals surface area (Å²) in [5.41, 5.74) is 10.6. The van der Waals surface area contributed by atoms with Crippen molar-refractivity contribution in [3.63, 3.8) is 0 Å². The molecule has 1 atom stereocenters. The Morgan fingerprint density at radius 3 is 2.51 bits per heavy atom. The van der Waals surface area contributed by atoms with Crippen molar-refractivity contribution in [1.82, 2.24) is 24.3 Å². The van der Waals surface area contributed by atoms with Gasteiger partial charge in [-0.15, -0.1) is 0 Å². The molecule has 0 spiro atoms. The van der Waals surface area contributed by atoms with E-state index in [1.165, 1.54) is 19.2 Å². The zero-order valence-electron chi connectivity index (χ0n) is 24.0. The van der Waals surface area contributed by atoms with Crippen LogP contribution in [0.4, 0.5) is 5.82 Å². The van der Waals surface area contributed by atoms with Crippen LogP contribution in [0.15, 0.2) is 73.1 Å². The Bertz CT molecular complexity index is 1560. The molecule has 3 heterocycles. The number of ether oxygens (including phenoxy) is 1. The zero-order chi connectivity index (χ0) is 28.5. The number of benzene rings is 2. The predicted molar refractivity (Wildman–Crippen MR) is 163 cm³/mol. The average molecular weight is 551 g/mol. The maximum absolute atomic E-state index is 13.1. The summed E-state index contributed by atoms with van der Waals surface area (Å²) < 4.78 is 8.35. The van der Waals surface area contributed by atoms with Crippen LogP contribution in [0.1, 0.15) is 50.8 Å². The second-order valence-corrected chi connectivity index (χ2v) is 11.5. The van der Waals surface area contributed by atoms with Crippen molar-refractivity contribution in [3.8, 4) is 22.6 Å². The van der Waals surface area contributed by atoms with E-state index in [-0.39, 0.29) is 17.9 Å². The van der Waals surface area contributed by atoms with E-state index in [0.29, 0.717) is 24.9 Å². The van der Waals surface area contributed by atoms with Crippen molar-refractivity contribution in [3.05, 3.63) is 78.8 Å². The number of para-hydroxylation sites is 1. The molecule has 1 amide bonds. The van der Waals surface area contributed by atoms with E-state index >= 15 is 0 Å². The number of carbonyl (C=O) groups excluding carboxylic acids is 1. The monoisotopic (exact) mass is 550 g/mol. The minimum Gasteiger partial charge on any atom is -0.457 e. The third kappa shape index (κ3) is 5.57. The van der Waals surface area contributed by atoms with E-state index in [9.17, 15) is 4.79 Å². The highest BCUT2D eigenvalue weighted by atomic mass is 16.5. The molecule has 2 aliphatic rings. The van der Waals surface area contributed by atoms with Gasteiger partial charge in [-0.1, -0.05) is 50.3 Å². The quantitative estimate of drug-likeness (QED) is 0.256. The number of fused-ring (bicyclic) bond motifs is 1. The molecule has 8 heteroatoms. The van der Waals surface area contributed by atoms with Gasteiger partial charge in [0.25, 0.3) is 0 Å². The number of nitrogens with two attached hydrogens (primary N) is 1. The number of likely N-dealkylation sites (N-methyl/N-ethyl adjacent to an activating group) is 1. The third-order valence-electron chi connectivity index (χ3n) is 8.18. The molecule has 41 heavy (non-hydrogen) atoms. The first-order chi connectivity index (χ1) is 19.9. The van der Waals surface area contributed by atoms with Crippen molar-refractivity contribution >= 4 is 22.8 Å². The van der Waals surface area contributed by atoms with E-state index in [2.05, 4.69) is 47.5 Å². The summed E-state index contributed by atoms with van der Waals surface area (Å²) in [5.74, 6) is 2.29. The van der Waals surface area contributed by atoms with Crippen molar-refractivity contribution < 1.29 is 9.53 Å². The van der Waals surface area contributed by atoms with Crippen LogP contribution in [0.5, 0.6) is 11.5 Å². The van der Waals surface area contributed by atoms with Gasteiger partial charge in [-0.2, -0.15) is 0 Å². The first kappa shape index (κ1) is 27.0. The fourth-order valence-electron chi connectivity index (χ4n) is 5.96. The molecule has 6 rings (SSSR count). The highest BCUT2D eigenvalue weighted by Gasteiger charge is 2.33. The lowest BCUT2D eigenvalue weighted by Gasteiger charge is -2.21. The molecule has 2 fully saturated rings. The summed E-state index contributed by atoms with van der Waals surface area (Å²) in [5, 5.41) is 0.862. The molecule has 1 aliphatic carbocycles. The number of carbonyl (C=O) groups is 1. The Balaban J connectivity index is 1.30. The largest absolute Gasteiger partial charge is 0.457 e. The molecule has 1 saturated heterocycles. The van der Waals surface area contributed by atoms with E-state index in [1.807, 2.05) is 53.4 Å². The Kier molecular flexibility index (Phi) is 7.49. The topological polar surface area (TPSA) is 89.5 Å². The van der Waals surface area contributed by atoms with Crippen LogP contribution in [0, 0.1) is 0 Å². The predicted octanol–water partition coefficient (Wildman–Crippen LogP) is 6.02. The summed E-state index contributed by atoms with van der Waals surface area (Å²) in [6.07, 6.45) is 8.65. The highest BCUT2D eigenvalue weighted by molar-refractivity contribution is 6.02. The van der Waals surface area contributed by atoms with Crippen molar-refractivity contribution in [2.45, 2.75) is 51.1 Å². The van der Waals surface area contributed by atoms with Gasteiger partial charge < -0.3 is 19.9 Å². The number of hydrogen-bond acceptors (Lipinski definition) is 6. The molecule has 8 nitrogen and oxygen atoms in total. The molecule has 2 aromatic carbocycles. The smallest absolute Gasteiger partial charge is 0.246 e. The molecule has 2 N–H and O–H groups in total. The normalized spacial score (nSPS) is 17.4. The molecule has 2 aromatic heterocycles. The van der Waals surface area contributed by atoms with Crippen molar-refractivity contribution in [2.75, 3.05) is 32.4 Å². The Morgan fingerprint density at radius 1 is 1.07 bits per heavy atom. The van der Waals surface area contributed by atoms with Crippen LogP contribution in [0.2, 0.25) is 0 Å². The second-order valence-electron chi connectivity index (χ2n) is 11.5. The first-order valence-corrected chi connectivity index (χ1v) is 14.5. The zero-order valence-corrected chi connectivity index (χ0v) is 24.0. The molecule has 0 radical (unpaired) electrons. The van der Waals surface area contributed by atoms with E-state index in [1.54, 1.807) is 6.08 Å². The number of anilines is 1. The molecule has 0 unspecified atom stereocenters. The van der Waals surface area contributed by atoms with Gasteiger partial charge in [0.1, 0.15) is 29.3 Å². The number of rotatable bonds is 9. The Hall–Kier alpha value is -4.17. The van der Waals surface area contributed by atoms with Crippen LogP contribution in [0.3, 0.4) is 0 Å². The fraction of sp³-hybridized carbons (Fsp3) is 0.364. The minimum absolute atomic E-state index is 0.0719. The Morgan fingerprint density at radius 2 is 1.80 bits per heavy atom. The molecule has 4 aromatic rings. The number of aromatic nitrogens is 3. The average Bonchev–Trinajstić information content (AvgIpc) is 3.60. The fourth-order valence-corrected chi connectivity index (χ4v) is 5.96. The van der Waals surface area contributed by atoms with Crippen LogP contribution < -0.4 is 10.5 Å². The van der Waals surface area contributed by atoms with Gasteiger partial charge in [0, 0.05) is 43.0 Å². The van der Waals surface area contributed by atoms with E-state index < -0.39 is 0 Å². The van der Waals surface area contributed by atoms with Crippen LogP contribution >= 0.6 is 0 Å². The van der Waals surface area contributed by atoms with E-state index in [0.717, 1.165) is 52.3 Å². The number of nitrogen functional groups attached to an aromatic ring is 1. The van der Waals surface area contributed by atoms with Gasteiger partial charge in [0.2, 0.25) is 5.91 Å². The number of hydrogen-bond donors (Lipinski definition) is 1. The molecule has 212 valence electrons. The van der Waals surface area contributed by atoms with Gasteiger partial charge in [-0.25, -0.2) is 9.97 Å². The molecular formula is C33H38N6O2. The van der Waals surface area contributed by atoms with Crippen LogP contribution in [-0.4, -0.2) is 63.0 Å². The molecule has 0 bridgehead atoms. The summed E-state index contributed by atoms with van der Waals surface area (Å²) in [6.45, 7) is 6.55. The Labute approximate surface area is 241 Å². The number of amides is 1. The molecular weight excluding hydrogens is 512 g/mol. The maximum Gasteiger partial charge on any atom is 0.246 e. The van der Waals surface area contributed by atoms with Crippen LogP contribution in [0.25, 0.3) is 22.2 Å². The maximum atomic E-state index is 13.1. The summed E-state index contributed by atoms with van der Waals surface area (Å²) in [6, 6.07) is 18.7. The molecule has 1 saturated carbocycles.